The molecule has 3 nitrogen and oxygen atoms in total. The predicted molar refractivity (Wildman–Crippen MR) is 75.1 cm³/mol. The standard InChI is InChI=1S/C15H22N2O/c1-14(2,3)17-8-7-11-9-12(10-16-13(11)17)18-15(4,5)6/h7-10H,1-6H3. The first-order valence-corrected chi connectivity index (χ1v) is 6.33. The molecule has 0 unspecified atom stereocenters. The minimum atomic E-state index is -0.193. The van der Waals surface area contributed by atoms with Crippen molar-refractivity contribution in [1.82, 2.24) is 9.55 Å². The van der Waals surface area contributed by atoms with Crippen molar-refractivity contribution in [3.8, 4) is 5.75 Å². The average Bonchev–Trinajstić information content (AvgIpc) is 2.56. The Bertz CT molecular complexity index is 556. The third-order valence-corrected chi connectivity index (χ3v) is 2.65. The molecule has 0 spiro atoms. The summed E-state index contributed by atoms with van der Waals surface area (Å²) >= 11 is 0. The zero-order valence-corrected chi connectivity index (χ0v) is 12.1. The number of hydrogen-bond donors (Lipinski definition) is 0. The van der Waals surface area contributed by atoms with Crippen molar-refractivity contribution in [1.29, 1.82) is 0 Å². The molecule has 2 aromatic rings. The molecule has 0 saturated heterocycles. The van der Waals surface area contributed by atoms with Crippen LogP contribution in [0.5, 0.6) is 5.75 Å². The van der Waals surface area contributed by atoms with Gasteiger partial charge in [-0.3, -0.25) is 0 Å². The Labute approximate surface area is 109 Å². The summed E-state index contributed by atoms with van der Waals surface area (Å²) in [4.78, 5) is 4.53. The molecule has 0 aliphatic heterocycles. The van der Waals surface area contributed by atoms with E-state index in [9.17, 15) is 0 Å². The smallest absolute Gasteiger partial charge is 0.140 e. The summed E-state index contributed by atoms with van der Waals surface area (Å²) in [6.07, 6.45) is 3.88. The lowest BCUT2D eigenvalue weighted by Crippen LogP contribution is -2.23. The molecule has 0 aromatic carbocycles. The van der Waals surface area contributed by atoms with Crippen molar-refractivity contribution < 1.29 is 4.74 Å². The molecule has 18 heavy (non-hydrogen) atoms. The lowest BCUT2D eigenvalue weighted by atomic mass is 10.1. The highest BCUT2D eigenvalue weighted by Crippen LogP contribution is 2.26. The molecule has 0 amide bonds. The van der Waals surface area contributed by atoms with E-state index in [1.54, 1.807) is 6.20 Å². The van der Waals surface area contributed by atoms with Crippen molar-refractivity contribution in [2.75, 3.05) is 0 Å². The molecule has 0 fully saturated rings. The highest BCUT2D eigenvalue weighted by Gasteiger charge is 2.17. The van der Waals surface area contributed by atoms with E-state index in [2.05, 4.69) is 48.7 Å². The van der Waals surface area contributed by atoms with E-state index >= 15 is 0 Å². The van der Waals surface area contributed by atoms with E-state index in [0.717, 1.165) is 16.8 Å². The molecule has 0 radical (unpaired) electrons. The van der Waals surface area contributed by atoms with E-state index in [-0.39, 0.29) is 11.1 Å². The minimum Gasteiger partial charge on any atom is -0.487 e. The fourth-order valence-electron chi connectivity index (χ4n) is 1.95. The van der Waals surface area contributed by atoms with Crippen molar-refractivity contribution in [2.45, 2.75) is 52.7 Å². The van der Waals surface area contributed by atoms with Crippen LogP contribution in [-0.2, 0) is 5.54 Å². The van der Waals surface area contributed by atoms with Crippen LogP contribution < -0.4 is 4.74 Å². The summed E-state index contributed by atoms with van der Waals surface area (Å²) in [5.74, 6) is 0.821. The fourth-order valence-corrected chi connectivity index (χ4v) is 1.95. The Morgan fingerprint density at radius 2 is 1.78 bits per heavy atom. The van der Waals surface area contributed by atoms with E-state index in [4.69, 9.17) is 4.74 Å². The minimum absolute atomic E-state index is 0.0428. The maximum Gasteiger partial charge on any atom is 0.140 e. The van der Waals surface area contributed by atoms with E-state index < -0.39 is 0 Å². The number of nitrogens with zero attached hydrogens (tertiary/aromatic N) is 2. The van der Waals surface area contributed by atoms with Gasteiger partial charge >= 0.3 is 0 Å². The molecule has 0 bridgehead atoms. The second-order valence-corrected chi connectivity index (χ2v) is 6.65. The van der Waals surface area contributed by atoms with Gasteiger partial charge in [0, 0.05) is 17.1 Å². The van der Waals surface area contributed by atoms with E-state index in [0.29, 0.717) is 0 Å². The Hall–Kier alpha value is -1.51. The third-order valence-electron chi connectivity index (χ3n) is 2.65. The number of hydrogen-bond acceptors (Lipinski definition) is 2. The highest BCUT2D eigenvalue weighted by atomic mass is 16.5. The quantitative estimate of drug-likeness (QED) is 0.761. The fraction of sp³-hybridized carbons (Fsp3) is 0.533. The number of rotatable bonds is 1. The van der Waals surface area contributed by atoms with Gasteiger partial charge in [-0.15, -0.1) is 0 Å². The van der Waals surface area contributed by atoms with Crippen molar-refractivity contribution in [2.24, 2.45) is 0 Å². The predicted octanol–water partition coefficient (Wildman–Crippen LogP) is 3.97. The van der Waals surface area contributed by atoms with Gasteiger partial charge in [0.05, 0.1) is 6.20 Å². The molecule has 0 atom stereocenters. The van der Waals surface area contributed by atoms with Gasteiger partial charge in [0.1, 0.15) is 17.0 Å². The van der Waals surface area contributed by atoms with Gasteiger partial charge in [0.2, 0.25) is 0 Å². The molecular weight excluding hydrogens is 224 g/mol. The van der Waals surface area contributed by atoms with Gasteiger partial charge in [-0.05, 0) is 53.7 Å². The monoisotopic (exact) mass is 246 g/mol. The SMILES string of the molecule is CC(C)(C)Oc1cnc2c(ccn2C(C)(C)C)c1. The zero-order valence-electron chi connectivity index (χ0n) is 12.1. The van der Waals surface area contributed by atoms with Crippen molar-refractivity contribution in [3.05, 3.63) is 24.5 Å². The van der Waals surface area contributed by atoms with Crippen molar-refractivity contribution in [3.63, 3.8) is 0 Å². The normalized spacial score (nSPS) is 13.0. The van der Waals surface area contributed by atoms with Crippen LogP contribution in [-0.4, -0.2) is 15.2 Å². The van der Waals surface area contributed by atoms with Gasteiger partial charge in [-0.25, -0.2) is 4.98 Å². The maximum absolute atomic E-state index is 5.83. The summed E-state index contributed by atoms with van der Waals surface area (Å²) in [5.41, 5.74) is 0.854. The second-order valence-electron chi connectivity index (χ2n) is 6.65. The van der Waals surface area contributed by atoms with Gasteiger partial charge < -0.3 is 9.30 Å². The van der Waals surface area contributed by atoms with Crippen LogP contribution in [0.1, 0.15) is 41.5 Å². The van der Waals surface area contributed by atoms with Crippen LogP contribution in [0.2, 0.25) is 0 Å². The molecular formula is C15H22N2O. The number of pyridine rings is 1. The maximum atomic E-state index is 5.83. The summed E-state index contributed by atoms with van der Waals surface area (Å²) in [6.45, 7) is 12.6. The Balaban J connectivity index is 2.43. The largest absolute Gasteiger partial charge is 0.487 e. The summed E-state index contributed by atoms with van der Waals surface area (Å²) in [5, 5.41) is 1.12. The number of aromatic nitrogens is 2. The molecule has 2 rings (SSSR count). The van der Waals surface area contributed by atoms with Gasteiger partial charge in [0.15, 0.2) is 0 Å². The molecule has 3 heteroatoms. The molecule has 0 saturated carbocycles. The van der Waals surface area contributed by atoms with Crippen molar-refractivity contribution >= 4 is 11.0 Å². The van der Waals surface area contributed by atoms with Crippen LogP contribution in [0.3, 0.4) is 0 Å². The molecule has 0 aliphatic carbocycles. The molecule has 2 heterocycles. The molecule has 98 valence electrons. The first-order valence-electron chi connectivity index (χ1n) is 6.33. The average molecular weight is 246 g/mol. The van der Waals surface area contributed by atoms with Crippen LogP contribution >= 0.6 is 0 Å². The molecule has 2 aromatic heterocycles. The van der Waals surface area contributed by atoms with E-state index in [1.165, 1.54) is 0 Å². The van der Waals surface area contributed by atoms with Gasteiger partial charge in [0.25, 0.3) is 0 Å². The Morgan fingerprint density at radius 1 is 1.11 bits per heavy atom. The topological polar surface area (TPSA) is 27.1 Å². The third kappa shape index (κ3) is 2.66. The van der Waals surface area contributed by atoms with E-state index in [1.807, 2.05) is 20.8 Å². The molecule has 0 N–H and O–H groups in total. The van der Waals surface area contributed by atoms with Gasteiger partial charge in [-0.1, -0.05) is 0 Å². The highest BCUT2D eigenvalue weighted by molar-refractivity contribution is 5.77. The number of fused-ring (bicyclic) bond motifs is 1. The summed E-state index contributed by atoms with van der Waals surface area (Å²) in [7, 11) is 0. The Kier molecular flexibility index (Phi) is 2.88. The van der Waals surface area contributed by atoms with Gasteiger partial charge in [-0.2, -0.15) is 0 Å². The zero-order chi connectivity index (χ0) is 13.6. The lowest BCUT2D eigenvalue weighted by molar-refractivity contribution is 0.130. The molecule has 0 aliphatic rings. The second kappa shape index (κ2) is 4.01. The first-order chi connectivity index (χ1) is 8.17. The van der Waals surface area contributed by atoms with Crippen LogP contribution in [0.25, 0.3) is 11.0 Å². The first kappa shape index (κ1) is 12.9. The Morgan fingerprint density at radius 3 is 2.33 bits per heavy atom. The lowest BCUT2D eigenvalue weighted by Gasteiger charge is -2.23. The van der Waals surface area contributed by atoms with Crippen LogP contribution in [0, 0.1) is 0 Å². The number of ether oxygens (including phenoxy) is 1. The summed E-state index contributed by atoms with van der Waals surface area (Å²) < 4.78 is 8.02. The van der Waals surface area contributed by atoms with Crippen LogP contribution in [0.15, 0.2) is 24.5 Å². The summed E-state index contributed by atoms with van der Waals surface area (Å²) in [6, 6.07) is 4.14. The van der Waals surface area contributed by atoms with Crippen LogP contribution in [0.4, 0.5) is 0 Å².